The molecule has 0 aliphatic carbocycles. The standard InChI is InChI=1S/C20H34ClN3O5S/c1-11(21)14(18-16(26)15(25)17(27)20(29-18)30-2)24-19(28)13-7-6-12(8-10-23-13)5-3-4-9-22/h11-18,20,23,25-27H,3-8,10H2,1-2H3,(H,24,28)/t11-,12-,13-,14?,15-,16+,17+,18+,20+/m0/s1. The average molecular weight is 464 g/mol. The van der Waals surface area contributed by atoms with Gasteiger partial charge in [0, 0.05) is 6.42 Å². The largest absolute Gasteiger partial charge is 0.388 e. The van der Waals surface area contributed by atoms with Crippen molar-refractivity contribution in [3.05, 3.63) is 0 Å². The maximum absolute atomic E-state index is 12.9. The van der Waals surface area contributed by atoms with Crippen LogP contribution in [0.5, 0.6) is 0 Å². The molecule has 1 unspecified atom stereocenters. The summed E-state index contributed by atoms with van der Waals surface area (Å²) in [6.07, 6.45) is 1.78. The lowest BCUT2D eigenvalue weighted by Gasteiger charge is -2.44. The molecule has 2 fully saturated rings. The first-order valence-electron chi connectivity index (χ1n) is 10.6. The molecule has 0 aromatic heterocycles. The van der Waals surface area contributed by atoms with Crippen molar-refractivity contribution in [3.63, 3.8) is 0 Å². The van der Waals surface area contributed by atoms with Crippen LogP contribution in [-0.2, 0) is 9.53 Å². The molecule has 0 radical (unpaired) electrons. The smallest absolute Gasteiger partial charge is 0.237 e. The van der Waals surface area contributed by atoms with Crippen LogP contribution in [0, 0.1) is 17.2 Å². The highest BCUT2D eigenvalue weighted by Gasteiger charge is 2.48. The molecule has 2 aliphatic rings. The van der Waals surface area contributed by atoms with Gasteiger partial charge in [0.05, 0.1) is 23.5 Å². The van der Waals surface area contributed by atoms with E-state index in [-0.39, 0.29) is 11.9 Å². The second-order valence-corrected chi connectivity index (χ2v) is 9.80. The van der Waals surface area contributed by atoms with E-state index in [0.717, 1.165) is 32.2 Å². The molecule has 2 aliphatic heterocycles. The molecule has 2 heterocycles. The van der Waals surface area contributed by atoms with Crippen molar-refractivity contribution >= 4 is 29.3 Å². The third-order valence-electron chi connectivity index (χ3n) is 6.02. The van der Waals surface area contributed by atoms with Gasteiger partial charge in [0.25, 0.3) is 0 Å². The highest BCUT2D eigenvalue weighted by molar-refractivity contribution is 7.99. The second kappa shape index (κ2) is 12.4. The van der Waals surface area contributed by atoms with E-state index in [1.54, 1.807) is 13.2 Å². The maximum atomic E-state index is 12.9. The lowest BCUT2D eigenvalue weighted by molar-refractivity contribution is -0.205. The number of rotatable bonds is 8. The quantitative estimate of drug-likeness (QED) is 0.262. The van der Waals surface area contributed by atoms with Crippen LogP contribution >= 0.6 is 23.4 Å². The van der Waals surface area contributed by atoms with E-state index in [0.29, 0.717) is 18.8 Å². The number of unbranched alkanes of at least 4 members (excludes halogenated alkanes) is 1. The predicted molar refractivity (Wildman–Crippen MR) is 116 cm³/mol. The zero-order valence-corrected chi connectivity index (χ0v) is 19.1. The molecule has 1 amide bonds. The lowest BCUT2D eigenvalue weighted by atomic mass is 9.92. The zero-order chi connectivity index (χ0) is 22.3. The van der Waals surface area contributed by atoms with Crippen molar-refractivity contribution in [2.75, 3.05) is 12.8 Å². The Labute approximate surface area is 187 Å². The number of halogens is 1. The molecule has 0 saturated carbocycles. The van der Waals surface area contributed by atoms with Gasteiger partial charge >= 0.3 is 0 Å². The highest BCUT2D eigenvalue weighted by atomic mass is 35.5. The zero-order valence-electron chi connectivity index (χ0n) is 17.5. The number of hydrogen-bond acceptors (Lipinski definition) is 8. The average Bonchev–Trinajstić information content (AvgIpc) is 2.97. The van der Waals surface area contributed by atoms with Gasteiger partial charge in [0.1, 0.15) is 29.9 Å². The summed E-state index contributed by atoms with van der Waals surface area (Å²) in [6.45, 7) is 2.41. The molecule has 9 atom stereocenters. The number of alkyl halides is 1. The molecule has 0 aromatic carbocycles. The maximum Gasteiger partial charge on any atom is 0.237 e. The van der Waals surface area contributed by atoms with Crippen LogP contribution in [0.15, 0.2) is 0 Å². The number of nitrogens with zero attached hydrogens (tertiary/aromatic N) is 1. The molecule has 5 N–H and O–H groups in total. The molecule has 30 heavy (non-hydrogen) atoms. The number of aliphatic hydroxyl groups excluding tert-OH is 3. The Hall–Kier alpha value is -0.600. The van der Waals surface area contributed by atoms with Crippen molar-refractivity contribution in [3.8, 4) is 6.07 Å². The van der Waals surface area contributed by atoms with Gasteiger partial charge < -0.3 is 30.7 Å². The summed E-state index contributed by atoms with van der Waals surface area (Å²) in [4.78, 5) is 12.9. The fraction of sp³-hybridized carbons (Fsp3) is 0.900. The van der Waals surface area contributed by atoms with Crippen molar-refractivity contribution in [1.82, 2.24) is 10.6 Å². The monoisotopic (exact) mass is 463 g/mol. The number of nitrogens with one attached hydrogen (secondary N) is 2. The van der Waals surface area contributed by atoms with Crippen LogP contribution in [0.1, 0.15) is 45.4 Å². The van der Waals surface area contributed by atoms with Crippen LogP contribution in [-0.4, -0.2) is 81.3 Å². The van der Waals surface area contributed by atoms with E-state index >= 15 is 0 Å². The van der Waals surface area contributed by atoms with Gasteiger partial charge in [-0.3, -0.25) is 4.79 Å². The van der Waals surface area contributed by atoms with Gasteiger partial charge in [0.15, 0.2) is 0 Å². The number of amides is 1. The molecule has 2 saturated heterocycles. The first-order chi connectivity index (χ1) is 14.3. The summed E-state index contributed by atoms with van der Waals surface area (Å²) in [5, 5.41) is 45.0. The minimum atomic E-state index is -1.39. The van der Waals surface area contributed by atoms with E-state index in [1.165, 1.54) is 11.8 Å². The number of thioether (sulfide) groups is 1. The van der Waals surface area contributed by atoms with Gasteiger partial charge in [-0.15, -0.1) is 23.4 Å². The van der Waals surface area contributed by atoms with Crippen LogP contribution in [0.25, 0.3) is 0 Å². The molecule has 2 rings (SSSR count). The summed E-state index contributed by atoms with van der Waals surface area (Å²) >= 11 is 7.54. The Balaban J connectivity index is 1.99. The highest BCUT2D eigenvalue weighted by Crippen LogP contribution is 2.30. The number of carbonyl (C=O) groups excluding carboxylic acids is 1. The van der Waals surface area contributed by atoms with E-state index in [4.69, 9.17) is 21.6 Å². The number of hydrogen-bond donors (Lipinski definition) is 5. The van der Waals surface area contributed by atoms with Crippen molar-refractivity contribution in [2.24, 2.45) is 5.92 Å². The van der Waals surface area contributed by atoms with Crippen molar-refractivity contribution in [2.45, 2.75) is 92.8 Å². The summed E-state index contributed by atoms with van der Waals surface area (Å²) in [5.74, 6) is 0.274. The molecule has 0 bridgehead atoms. The van der Waals surface area contributed by atoms with Crippen LogP contribution in [0.2, 0.25) is 0 Å². The van der Waals surface area contributed by atoms with Crippen molar-refractivity contribution < 1.29 is 24.9 Å². The molecule has 10 heteroatoms. The molecule has 0 aromatic rings. The summed E-state index contributed by atoms with van der Waals surface area (Å²) in [5.41, 5.74) is -0.728. The normalized spacial score (nSPS) is 36.9. The van der Waals surface area contributed by atoms with Crippen molar-refractivity contribution in [1.29, 1.82) is 5.26 Å². The van der Waals surface area contributed by atoms with Gasteiger partial charge in [-0.25, -0.2) is 0 Å². The lowest BCUT2D eigenvalue weighted by Crippen LogP contribution is -2.65. The number of nitriles is 1. The van der Waals surface area contributed by atoms with Gasteiger partial charge in [0.2, 0.25) is 5.91 Å². The molecule has 172 valence electrons. The van der Waals surface area contributed by atoms with Crippen LogP contribution in [0.4, 0.5) is 0 Å². The fourth-order valence-corrected chi connectivity index (χ4v) is 5.07. The Morgan fingerprint density at radius 2 is 2.03 bits per heavy atom. The van der Waals surface area contributed by atoms with E-state index in [9.17, 15) is 20.1 Å². The van der Waals surface area contributed by atoms with E-state index in [2.05, 4.69) is 16.7 Å². The Kier molecular flexibility index (Phi) is 10.6. The van der Waals surface area contributed by atoms with Gasteiger partial charge in [-0.2, -0.15) is 5.26 Å². The Morgan fingerprint density at radius 1 is 1.30 bits per heavy atom. The fourth-order valence-electron chi connectivity index (χ4n) is 4.18. The molecule has 0 spiro atoms. The summed E-state index contributed by atoms with van der Waals surface area (Å²) in [6, 6.07) is 1.06. The minimum Gasteiger partial charge on any atom is -0.388 e. The summed E-state index contributed by atoms with van der Waals surface area (Å²) < 4.78 is 5.80. The first kappa shape index (κ1) is 25.7. The third-order valence-corrected chi connectivity index (χ3v) is 7.15. The Morgan fingerprint density at radius 3 is 2.67 bits per heavy atom. The number of carbonyl (C=O) groups is 1. The first-order valence-corrected chi connectivity index (χ1v) is 12.3. The third kappa shape index (κ3) is 6.70. The molecular weight excluding hydrogens is 430 g/mol. The predicted octanol–water partition coefficient (Wildman–Crippen LogP) is 0.721. The minimum absolute atomic E-state index is 0.220. The Bertz CT molecular complexity index is 591. The summed E-state index contributed by atoms with van der Waals surface area (Å²) in [7, 11) is 0. The number of ether oxygens (including phenoxy) is 1. The second-order valence-electron chi connectivity index (χ2n) is 8.18. The molecular formula is C20H34ClN3O5S. The van der Waals surface area contributed by atoms with Crippen LogP contribution in [0.3, 0.4) is 0 Å². The van der Waals surface area contributed by atoms with Crippen LogP contribution < -0.4 is 10.6 Å². The molecule has 8 nitrogen and oxygen atoms in total. The van der Waals surface area contributed by atoms with E-state index < -0.39 is 41.3 Å². The van der Waals surface area contributed by atoms with E-state index in [1.807, 2.05) is 0 Å². The SMILES string of the molecule is CS[C@H]1O[C@H](C(NC(=O)[C@@H]2CC[C@H](CCCC#N)CCN2)[C@H](C)Cl)[C@H](O)[C@H](O)[C@H]1O. The van der Waals surface area contributed by atoms with Gasteiger partial charge in [-0.1, -0.05) is 0 Å². The van der Waals surface area contributed by atoms with Gasteiger partial charge in [-0.05, 0) is 57.7 Å². The number of aliphatic hydroxyl groups is 3. The topological polar surface area (TPSA) is 135 Å².